The number of nitrogens with one attached hydrogen (secondary N) is 1. The maximum absolute atomic E-state index is 13.9. The molecule has 0 aliphatic carbocycles. The second-order valence-electron chi connectivity index (χ2n) is 6.20. The van der Waals surface area contributed by atoms with Gasteiger partial charge < -0.3 is 10.1 Å². The summed E-state index contributed by atoms with van der Waals surface area (Å²) in [5.41, 5.74) is 1.85. The predicted molar refractivity (Wildman–Crippen MR) is 92.8 cm³/mol. The van der Waals surface area contributed by atoms with Crippen LogP contribution in [0.15, 0.2) is 48.5 Å². The van der Waals surface area contributed by atoms with Crippen molar-refractivity contribution in [1.29, 1.82) is 0 Å². The Balaban J connectivity index is 1.76. The molecule has 4 heteroatoms. The molecule has 1 heterocycles. The third-order valence-electron chi connectivity index (χ3n) is 4.49. The minimum absolute atomic E-state index is 0.0294. The molecule has 0 amide bonds. The van der Waals surface area contributed by atoms with E-state index >= 15 is 0 Å². The summed E-state index contributed by atoms with van der Waals surface area (Å²) in [4.78, 5) is 11.7. The van der Waals surface area contributed by atoms with Crippen molar-refractivity contribution in [2.75, 3.05) is 18.5 Å². The van der Waals surface area contributed by atoms with Gasteiger partial charge in [0.1, 0.15) is 5.82 Å². The SMILES string of the molecule is CC(=O)c1c(F)cccc1NCC1CCCOC1c1ccccc1. The van der Waals surface area contributed by atoms with Crippen LogP contribution in [-0.4, -0.2) is 18.9 Å². The van der Waals surface area contributed by atoms with Gasteiger partial charge in [-0.15, -0.1) is 0 Å². The summed E-state index contributed by atoms with van der Waals surface area (Å²) in [5, 5.41) is 3.26. The molecular weight excluding hydrogens is 305 g/mol. The lowest BCUT2D eigenvalue weighted by Crippen LogP contribution is -2.28. The van der Waals surface area contributed by atoms with Gasteiger partial charge in [-0.2, -0.15) is 0 Å². The van der Waals surface area contributed by atoms with E-state index in [4.69, 9.17) is 4.74 Å². The number of carbonyl (C=O) groups is 1. The average Bonchev–Trinajstić information content (AvgIpc) is 2.60. The monoisotopic (exact) mass is 327 g/mol. The lowest BCUT2D eigenvalue weighted by Gasteiger charge is -2.32. The third-order valence-corrected chi connectivity index (χ3v) is 4.49. The topological polar surface area (TPSA) is 38.3 Å². The van der Waals surface area contributed by atoms with Gasteiger partial charge in [0.15, 0.2) is 5.78 Å². The molecule has 1 fully saturated rings. The Morgan fingerprint density at radius 1 is 1.21 bits per heavy atom. The van der Waals surface area contributed by atoms with Crippen molar-refractivity contribution in [2.24, 2.45) is 5.92 Å². The van der Waals surface area contributed by atoms with Gasteiger partial charge in [0, 0.05) is 24.8 Å². The Bertz CT molecular complexity index is 702. The number of rotatable bonds is 5. The van der Waals surface area contributed by atoms with E-state index in [1.54, 1.807) is 12.1 Å². The number of hydrogen-bond acceptors (Lipinski definition) is 3. The van der Waals surface area contributed by atoms with Crippen molar-refractivity contribution >= 4 is 11.5 Å². The quantitative estimate of drug-likeness (QED) is 0.815. The maximum Gasteiger partial charge on any atom is 0.164 e. The largest absolute Gasteiger partial charge is 0.384 e. The van der Waals surface area contributed by atoms with E-state index in [2.05, 4.69) is 17.4 Å². The highest BCUT2D eigenvalue weighted by Gasteiger charge is 2.27. The molecule has 2 atom stereocenters. The van der Waals surface area contributed by atoms with Crippen LogP contribution in [0.3, 0.4) is 0 Å². The molecule has 2 aromatic rings. The molecule has 0 spiro atoms. The van der Waals surface area contributed by atoms with Gasteiger partial charge in [0.2, 0.25) is 0 Å². The lowest BCUT2D eigenvalue weighted by atomic mass is 9.89. The Kier molecular flexibility index (Phi) is 5.26. The van der Waals surface area contributed by atoms with Crippen molar-refractivity contribution in [3.8, 4) is 0 Å². The van der Waals surface area contributed by atoms with E-state index in [-0.39, 0.29) is 23.4 Å². The first-order chi connectivity index (χ1) is 11.7. The van der Waals surface area contributed by atoms with Crippen LogP contribution in [0, 0.1) is 11.7 Å². The number of anilines is 1. The number of ketones is 1. The van der Waals surface area contributed by atoms with E-state index in [0.29, 0.717) is 12.2 Å². The molecule has 0 saturated carbocycles. The zero-order valence-electron chi connectivity index (χ0n) is 13.8. The van der Waals surface area contributed by atoms with Crippen LogP contribution < -0.4 is 5.32 Å². The Labute approximate surface area is 141 Å². The fourth-order valence-electron chi connectivity index (χ4n) is 3.33. The normalized spacial score (nSPS) is 20.6. The highest BCUT2D eigenvalue weighted by molar-refractivity contribution is 5.99. The molecule has 2 aromatic carbocycles. The van der Waals surface area contributed by atoms with Gasteiger partial charge in [-0.05, 0) is 37.5 Å². The Hall–Kier alpha value is -2.20. The average molecular weight is 327 g/mol. The standard InChI is InChI=1S/C20H22FNO2/c1-14(23)19-17(21)10-5-11-18(19)22-13-16-9-6-12-24-20(16)15-7-3-2-4-8-15/h2-5,7-8,10-11,16,20,22H,6,9,12-13H2,1H3. The van der Waals surface area contributed by atoms with Gasteiger partial charge in [-0.3, -0.25) is 4.79 Å². The summed E-state index contributed by atoms with van der Waals surface area (Å²) in [6.45, 7) is 2.79. The number of halogens is 1. The van der Waals surface area contributed by atoms with Crippen LogP contribution in [0.25, 0.3) is 0 Å². The van der Waals surface area contributed by atoms with Crippen LogP contribution in [0.4, 0.5) is 10.1 Å². The molecule has 3 rings (SSSR count). The first-order valence-corrected chi connectivity index (χ1v) is 8.36. The molecule has 2 unspecified atom stereocenters. The summed E-state index contributed by atoms with van der Waals surface area (Å²) < 4.78 is 19.9. The van der Waals surface area contributed by atoms with Gasteiger partial charge >= 0.3 is 0 Å². The number of benzene rings is 2. The molecule has 0 bridgehead atoms. The predicted octanol–water partition coefficient (Wildman–Crippen LogP) is 4.61. The van der Waals surface area contributed by atoms with Crippen molar-refractivity contribution in [3.05, 3.63) is 65.5 Å². The van der Waals surface area contributed by atoms with Crippen molar-refractivity contribution in [3.63, 3.8) is 0 Å². The van der Waals surface area contributed by atoms with E-state index in [1.807, 2.05) is 18.2 Å². The molecule has 0 radical (unpaired) electrons. The number of hydrogen-bond donors (Lipinski definition) is 1. The van der Waals surface area contributed by atoms with Crippen LogP contribution in [0.2, 0.25) is 0 Å². The number of ether oxygens (including phenoxy) is 1. The van der Waals surface area contributed by atoms with Gasteiger partial charge in [-0.25, -0.2) is 4.39 Å². The molecule has 126 valence electrons. The fourth-order valence-corrected chi connectivity index (χ4v) is 3.33. The second kappa shape index (κ2) is 7.58. The van der Waals surface area contributed by atoms with Gasteiger partial charge in [-0.1, -0.05) is 36.4 Å². The van der Waals surface area contributed by atoms with E-state index < -0.39 is 5.82 Å². The van der Waals surface area contributed by atoms with Crippen LogP contribution >= 0.6 is 0 Å². The number of Topliss-reactive ketones (excluding diaryl/α,β-unsaturated/α-hetero) is 1. The minimum Gasteiger partial charge on any atom is -0.384 e. The molecule has 3 nitrogen and oxygen atoms in total. The molecule has 1 aliphatic rings. The first kappa shape index (κ1) is 16.7. The van der Waals surface area contributed by atoms with Gasteiger partial charge in [0.25, 0.3) is 0 Å². The van der Waals surface area contributed by atoms with E-state index in [0.717, 1.165) is 25.0 Å². The molecular formula is C20H22FNO2. The van der Waals surface area contributed by atoms with Crippen molar-refractivity contribution < 1.29 is 13.9 Å². The zero-order chi connectivity index (χ0) is 16.9. The minimum atomic E-state index is -0.480. The highest BCUT2D eigenvalue weighted by atomic mass is 19.1. The lowest BCUT2D eigenvalue weighted by molar-refractivity contribution is -0.0238. The molecule has 1 saturated heterocycles. The maximum atomic E-state index is 13.9. The molecule has 1 N–H and O–H groups in total. The summed E-state index contributed by atoms with van der Waals surface area (Å²) in [6.07, 6.45) is 2.08. The van der Waals surface area contributed by atoms with Crippen LogP contribution in [-0.2, 0) is 4.74 Å². The zero-order valence-corrected chi connectivity index (χ0v) is 13.8. The summed E-state index contributed by atoms with van der Waals surface area (Å²) in [7, 11) is 0. The number of carbonyl (C=O) groups excluding carboxylic acids is 1. The summed E-state index contributed by atoms with van der Waals surface area (Å²) in [5.74, 6) is -0.466. The Morgan fingerprint density at radius 3 is 2.75 bits per heavy atom. The van der Waals surface area contributed by atoms with Gasteiger partial charge in [0.05, 0.1) is 11.7 Å². The highest BCUT2D eigenvalue weighted by Crippen LogP contribution is 2.34. The summed E-state index contributed by atoms with van der Waals surface area (Å²) in [6, 6.07) is 14.9. The third kappa shape index (κ3) is 3.65. The Morgan fingerprint density at radius 2 is 2.00 bits per heavy atom. The smallest absolute Gasteiger partial charge is 0.164 e. The fraction of sp³-hybridized carbons (Fsp3) is 0.350. The molecule has 1 aliphatic heterocycles. The first-order valence-electron chi connectivity index (χ1n) is 8.36. The van der Waals surface area contributed by atoms with Crippen molar-refractivity contribution in [2.45, 2.75) is 25.9 Å². The second-order valence-corrected chi connectivity index (χ2v) is 6.20. The summed E-state index contributed by atoms with van der Waals surface area (Å²) >= 11 is 0. The van der Waals surface area contributed by atoms with Crippen molar-refractivity contribution in [1.82, 2.24) is 0 Å². The van der Waals surface area contributed by atoms with E-state index in [1.165, 1.54) is 13.0 Å². The van der Waals surface area contributed by atoms with E-state index in [9.17, 15) is 9.18 Å². The van der Waals surface area contributed by atoms with Crippen LogP contribution in [0.5, 0.6) is 0 Å². The molecule has 0 aromatic heterocycles. The van der Waals surface area contributed by atoms with Crippen LogP contribution in [0.1, 0.15) is 41.8 Å². The molecule has 24 heavy (non-hydrogen) atoms.